The fourth-order valence-corrected chi connectivity index (χ4v) is 3.89. The summed E-state index contributed by atoms with van der Waals surface area (Å²) in [6.45, 7) is 4.96. The molecule has 1 N–H and O–H groups in total. The van der Waals surface area contributed by atoms with Gasteiger partial charge >= 0.3 is 11.9 Å². The van der Waals surface area contributed by atoms with Crippen LogP contribution in [0.1, 0.15) is 61.7 Å². The van der Waals surface area contributed by atoms with Crippen molar-refractivity contribution < 1.29 is 28.9 Å². The molecular formula is C28H35BrO6. The first-order valence-corrected chi connectivity index (χ1v) is 13.3. The number of carbonyl (C=O) groups is 2. The van der Waals surface area contributed by atoms with Gasteiger partial charge in [-0.05, 0) is 80.0 Å². The maximum atomic E-state index is 11.8. The second-order valence-electron chi connectivity index (χ2n) is 8.12. The van der Waals surface area contributed by atoms with Gasteiger partial charge in [-0.1, -0.05) is 47.5 Å². The summed E-state index contributed by atoms with van der Waals surface area (Å²) in [5, 5.41) is 10.7. The summed E-state index contributed by atoms with van der Waals surface area (Å²) in [5.74, 6) is 0.0338. The van der Waals surface area contributed by atoms with Crippen LogP contribution in [0.5, 0.6) is 11.5 Å². The maximum Gasteiger partial charge on any atom is 0.336 e. The van der Waals surface area contributed by atoms with Crippen molar-refractivity contribution in [1.82, 2.24) is 0 Å². The highest BCUT2D eigenvalue weighted by atomic mass is 79.9. The van der Waals surface area contributed by atoms with Crippen molar-refractivity contribution in [3.8, 4) is 22.6 Å². The van der Waals surface area contributed by atoms with Crippen molar-refractivity contribution in [2.24, 2.45) is 0 Å². The number of alkyl halides is 1. The molecule has 2 aromatic carbocycles. The number of aromatic carboxylic acids is 1. The largest absolute Gasteiger partial charge is 0.494 e. The van der Waals surface area contributed by atoms with Gasteiger partial charge in [0.1, 0.15) is 11.5 Å². The maximum absolute atomic E-state index is 11.8. The van der Waals surface area contributed by atoms with Crippen molar-refractivity contribution in [1.29, 1.82) is 0 Å². The fraction of sp³-hybridized carbons (Fsp3) is 0.429. The average molecular weight is 547 g/mol. The first kappa shape index (κ1) is 28.4. The molecule has 0 aliphatic heterocycles. The van der Waals surface area contributed by atoms with Gasteiger partial charge in [0.2, 0.25) is 0 Å². The predicted octanol–water partition coefficient (Wildman–Crippen LogP) is 7.05. The number of carboxylic acids is 1. The number of ether oxygens (including phenoxy) is 3. The van der Waals surface area contributed by atoms with E-state index in [1.807, 2.05) is 24.3 Å². The molecule has 35 heavy (non-hydrogen) atoms. The van der Waals surface area contributed by atoms with Gasteiger partial charge in [0.15, 0.2) is 0 Å². The third-order valence-electron chi connectivity index (χ3n) is 5.40. The number of halogens is 1. The lowest BCUT2D eigenvalue weighted by molar-refractivity contribution is -0.137. The van der Waals surface area contributed by atoms with Crippen LogP contribution in [0.2, 0.25) is 0 Å². The van der Waals surface area contributed by atoms with Crippen LogP contribution >= 0.6 is 15.9 Å². The molecule has 0 saturated heterocycles. The van der Waals surface area contributed by atoms with Gasteiger partial charge in [-0.3, -0.25) is 0 Å². The molecule has 0 fully saturated rings. The Kier molecular flexibility index (Phi) is 13.6. The first-order valence-electron chi connectivity index (χ1n) is 12.1. The average Bonchev–Trinajstić information content (AvgIpc) is 2.87. The summed E-state index contributed by atoms with van der Waals surface area (Å²) in [4.78, 5) is 22.8. The van der Waals surface area contributed by atoms with Crippen molar-refractivity contribution >= 4 is 27.9 Å². The van der Waals surface area contributed by atoms with Crippen LogP contribution in [0.25, 0.3) is 11.1 Å². The van der Waals surface area contributed by atoms with E-state index in [1.54, 1.807) is 18.2 Å². The van der Waals surface area contributed by atoms with Crippen molar-refractivity contribution in [2.45, 2.75) is 51.4 Å². The molecule has 0 aliphatic carbocycles. The summed E-state index contributed by atoms with van der Waals surface area (Å²) in [6.07, 6.45) is 9.22. The minimum atomic E-state index is -0.979. The zero-order valence-electron chi connectivity index (χ0n) is 20.2. The lowest BCUT2D eigenvalue weighted by Gasteiger charge is -2.12. The number of hydrogen-bond acceptors (Lipinski definition) is 5. The molecule has 0 unspecified atom stereocenters. The summed E-state index contributed by atoms with van der Waals surface area (Å²) in [7, 11) is 0. The Balaban J connectivity index is 1.85. The molecule has 0 aromatic heterocycles. The van der Waals surface area contributed by atoms with E-state index in [2.05, 4.69) is 22.5 Å². The highest BCUT2D eigenvalue weighted by molar-refractivity contribution is 9.09. The predicted molar refractivity (Wildman–Crippen MR) is 142 cm³/mol. The second-order valence-corrected chi connectivity index (χ2v) is 8.92. The van der Waals surface area contributed by atoms with Gasteiger partial charge in [-0.2, -0.15) is 0 Å². The molecule has 2 aromatic rings. The van der Waals surface area contributed by atoms with Gasteiger partial charge in [0, 0.05) is 11.4 Å². The quantitative estimate of drug-likeness (QED) is 0.0932. The molecule has 2 rings (SSSR count). The van der Waals surface area contributed by atoms with E-state index in [0.717, 1.165) is 61.2 Å². The van der Waals surface area contributed by atoms with Gasteiger partial charge in [-0.25, -0.2) is 9.59 Å². The van der Waals surface area contributed by atoms with Gasteiger partial charge in [0.05, 0.1) is 25.4 Å². The monoisotopic (exact) mass is 546 g/mol. The van der Waals surface area contributed by atoms with E-state index in [9.17, 15) is 14.7 Å². The van der Waals surface area contributed by atoms with Crippen LogP contribution in [0.15, 0.2) is 55.1 Å². The Morgan fingerprint density at radius 3 is 1.97 bits per heavy atom. The minimum absolute atomic E-state index is 0.229. The summed E-state index contributed by atoms with van der Waals surface area (Å²) in [5.41, 5.74) is 1.64. The molecule has 190 valence electrons. The topological polar surface area (TPSA) is 82.1 Å². The molecule has 0 radical (unpaired) electrons. The third-order valence-corrected chi connectivity index (χ3v) is 5.96. The smallest absolute Gasteiger partial charge is 0.336 e. The number of hydrogen-bond donors (Lipinski definition) is 1. The number of esters is 1. The van der Waals surface area contributed by atoms with E-state index in [-0.39, 0.29) is 5.56 Å². The Hall–Kier alpha value is -2.80. The SMILES string of the molecule is C=CC(=O)OCCCCCCOc1ccc(C(=O)O)c(-c2ccc(OCCCCCCBr)cc2)c1. The highest BCUT2D eigenvalue weighted by Gasteiger charge is 2.13. The first-order chi connectivity index (χ1) is 17.0. The Labute approximate surface area is 216 Å². The second kappa shape index (κ2) is 16.8. The Morgan fingerprint density at radius 1 is 0.800 bits per heavy atom. The molecule has 0 aliphatic rings. The van der Waals surface area contributed by atoms with Gasteiger partial charge < -0.3 is 19.3 Å². The molecule has 0 amide bonds. The Bertz CT molecular complexity index is 926. The molecule has 0 atom stereocenters. The van der Waals surface area contributed by atoms with Crippen LogP contribution in [-0.4, -0.2) is 42.2 Å². The van der Waals surface area contributed by atoms with Crippen LogP contribution in [0, 0.1) is 0 Å². The van der Waals surface area contributed by atoms with Crippen LogP contribution in [0.3, 0.4) is 0 Å². The van der Waals surface area contributed by atoms with Crippen molar-refractivity contribution in [3.05, 3.63) is 60.7 Å². The molecule has 6 nitrogen and oxygen atoms in total. The molecular weight excluding hydrogens is 512 g/mol. The standard InChI is InChI=1S/C28H35BrO6/c1-2-27(30)35-20-10-6-5-9-19-34-24-15-16-25(28(31)32)26(21-24)22-11-13-23(14-12-22)33-18-8-4-3-7-17-29/h2,11-16,21H,1,3-10,17-20H2,(H,31,32). The molecule has 0 heterocycles. The fourth-order valence-electron chi connectivity index (χ4n) is 3.49. The van der Waals surface area contributed by atoms with Crippen LogP contribution in [0.4, 0.5) is 0 Å². The number of rotatable bonds is 18. The summed E-state index contributed by atoms with van der Waals surface area (Å²) < 4.78 is 16.6. The van der Waals surface area contributed by atoms with E-state index in [0.29, 0.717) is 31.1 Å². The Morgan fingerprint density at radius 2 is 1.37 bits per heavy atom. The number of benzene rings is 2. The summed E-state index contributed by atoms with van der Waals surface area (Å²) in [6, 6.07) is 12.6. The summed E-state index contributed by atoms with van der Waals surface area (Å²) >= 11 is 3.44. The number of unbranched alkanes of at least 4 members (excludes halogenated alkanes) is 6. The molecule has 0 saturated carbocycles. The minimum Gasteiger partial charge on any atom is -0.494 e. The zero-order chi connectivity index (χ0) is 25.3. The molecule has 0 spiro atoms. The number of carbonyl (C=O) groups excluding carboxylic acids is 1. The van der Waals surface area contributed by atoms with E-state index < -0.39 is 11.9 Å². The zero-order valence-corrected chi connectivity index (χ0v) is 21.8. The third kappa shape index (κ3) is 11.0. The van der Waals surface area contributed by atoms with E-state index >= 15 is 0 Å². The van der Waals surface area contributed by atoms with Crippen LogP contribution in [-0.2, 0) is 9.53 Å². The van der Waals surface area contributed by atoms with E-state index in [1.165, 1.54) is 12.8 Å². The lowest BCUT2D eigenvalue weighted by Crippen LogP contribution is -2.03. The van der Waals surface area contributed by atoms with Crippen molar-refractivity contribution in [3.63, 3.8) is 0 Å². The van der Waals surface area contributed by atoms with Crippen molar-refractivity contribution in [2.75, 3.05) is 25.2 Å². The molecule has 7 heteroatoms. The van der Waals surface area contributed by atoms with E-state index in [4.69, 9.17) is 14.2 Å². The van der Waals surface area contributed by atoms with Crippen LogP contribution < -0.4 is 9.47 Å². The normalized spacial score (nSPS) is 10.5. The molecule has 0 bridgehead atoms. The van der Waals surface area contributed by atoms with Gasteiger partial charge in [0.25, 0.3) is 0 Å². The lowest BCUT2D eigenvalue weighted by atomic mass is 9.99. The number of carboxylic acid groups (broad SMARTS) is 1. The van der Waals surface area contributed by atoms with Gasteiger partial charge in [-0.15, -0.1) is 0 Å². The highest BCUT2D eigenvalue weighted by Crippen LogP contribution is 2.30.